The fourth-order valence-electron chi connectivity index (χ4n) is 2.84. The van der Waals surface area contributed by atoms with Gasteiger partial charge in [0, 0.05) is 18.5 Å². The average Bonchev–Trinajstić information content (AvgIpc) is 3.04. The Hall–Kier alpha value is -2.37. The van der Waals surface area contributed by atoms with E-state index in [4.69, 9.17) is 0 Å². The van der Waals surface area contributed by atoms with Gasteiger partial charge in [-0.25, -0.2) is 9.59 Å². The van der Waals surface area contributed by atoms with E-state index in [9.17, 15) is 14.4 Å². The van der Waals surface area contributed by atoms with Gasteiger partial charge in [-0.2, -0.15) is 0 Å². The molecule has 0 spiro atoms. The van der Waals surface area contributed by atoms with Crippen molar-refractivity contribution < 1.29 is 19.1 Å². The van der Waals surface area contributed by atoms with Crippen LogP contribution in [0, 0.1) is 0 Å². The topological polar surface area (TPSA) is 66.9 Å². The first-order valence-electron chi connectivity index (χ1n) is 6.40. The monoisotopic (exact) mass is 274 g/mol. The molecule has 0 N–H and O–H groups in total. The molecular weight excluding hydrogens is 260 g/mol. The van der Waals surface area contributed by atoms with Crippen molar-refractivity contribution in [1.82, 2.24) is 9.80 Å². The van der Waals surface area contributed by atoms with Crippen LogP contribution >= 0.6 is 0 Å². The molecule has 1 aromatic carbocycles. The van der Waals surface area contributed by atoms with E-state index in [0.717, 1.165) is 0 Å². The van der Waals surface area contributed by atoms with Gasteiger partial charge in [0.15, 0.2) is 0 Å². The lowest BCUT2D eigenvalue weighted by Gasteiger charge is -2.29. The molecule has 0 aliphatic carbocycles. The molecule has 3 rings (SSSR count). The van der Waals surface area contributed by atoms with E-state index < -0.39 is 18.0 Å². The summed E-state index contributed by atoms with van der Waals surface area (Å²) in [6.07, 6.45) is 0.441. The second-order valence-electron chi connectivity index (χ2n) is 4.90. The Balaban J connectivity index is 1.81. The van der Waals surface area contributed by atoms with E-state index >= 15 is 0 Å². The summed E-state index contributed by atoms with van der Waals surface area (Å²) < 4.78 is 4.68. The first-order valence-corrected chi connectivity index (χ1v) is 6.40. The summed E-state index contributed by atoms with van der Waals surface area (Å²) in [6, 6.07) is 7.45. The van der Waals surface area contributed by atoms with Gasteiger partial charge in [0.05, 0.1) is 13.2 Å². The second-order valence-corrected chi connectivity index (χ2v) is 4.90. The van der Waals surface area contributed by atoms with E-state index in [1.54, 1.807) is 24.3 Å². The highest BCUT2D eigenvalue weighted by Gasteiger charge is 2.53. The number of nitrogens with zero attached hydrogens (tertiary/aromatic N) is 2. The largest absolute Gasteiger partial charge is 0.467 e. The Morgan fingerprint density at radius 2 is 1.95 bits per heavy atom. The Kier molecular flexibility index (Phi) is 2.93. The molecule has 2 atom stereocenters. The number of rotatable bonds is 2. The molecule has 2 fully saturated rings. The van der Waals surface area contributed by atoms with E-state index in [-0.39, 0.29) is 11.9 Å². The number of hydrogen-bond donors (Lipinski definition) is 0. The number of fused-ring (bicyclic) bond motifs is 2. The maximum atomic E-state index is 12.4. The van der Waals surface area contributed by atoms with Gasteiger partial charge in [-0.1, -0.05) is 18.2 Å². The molecule has 104 valence electrons. The minimum Gasteiger partial charge on any atom is -0.467 e. The summed E-state index contributed by atoms with van der Waals surface area (Å²) >= 11 is 0. The van der Waals surface area contributed by atoms with Crippen molar-refractivity contribution in [2.24, 2.45) is 0 Å². The van der Waals surface area contributed by atoms with Gasteiger partial charge in [-0.15, -0.1) is 0 Å². The third kappa shape index (κ3) is 1.76. The molecule has 2 aliphatic heterocycles. The molecule has 2 aliphatic rings. The van der Waals surface area contributed by atoms with Crippen LogP contribution in [0.2, 0.25) is 0 Å². The fourth-order valence-corrected chi connectivity index (χ4v) is 2.84. The Labute approximate surface area is 115 Å². The van der Waals surface area contributed by atoms with Crippen molar-refractivity contribution in [1.29, 1.82) is 0 Å². The summed E-state index contributed by atoms with van der Waals surface area (Å²) in [7, 11) is 1.30. The van der Waals surface area contributed by atoms with Crippen LogP contribution in [0.4, 0.5) is 4.79 Å². The second kappa shape index (κ2) is 4.63. The van der Waals surface area contributed by atoms with Crippen LogP contribution in [-0.2, 0) is 9.53 Å². The molecule has 3 amide bonds. The van der Waals surface area contributed by atoms with Crippen LogP contribution in [-0.4, -0.2) is 53.4 Å². The van der Waals surface area contributed by atoms with Gasteiger partial charge < -0.3 is 9.64 Å². The van der Waals surface area contributed by atoms with Gasteiger partial charge in [0.1, 0.15) is 6.04 Å². The Bertz CT molecular complexity index is 572. The van der Waals surface area contributed by atoms with Crippen LogP contribution in [0.1, 0.15) is 16.8 Å². The SMILES string of the molecule is COC(=O)[C@H]1C[C@@H]2CN1C(=O)N2C(=O)c1ccccc1. The third-order valence-electron chi connectivity index (χ3n) is 3.81. The molecule has 6 heteroatoms. The zero-order valence-corrected chi connectivity index (χ0v) is 11.0. The third-order valence-corrected chi connectivity index (χ3v) is 3.81. The molecule has 0 saturated carbocycles. The van der Waals surface area contributed by atoms with Gasteiger partial charge >= 0.3 is 12.0 Å². The summed E-state index contributed by atoms with van der Waals surface area (Å²) in [5.41, 5.74) is 0.476. The molecule has 0 radical (unpaired) electrons. The number of esters is 1. The minimum atomic E-state index is -0.558. The smallest absolute Gasteiger partial charge is 0.328 e. The minimum absolute atomic E-state index is 0.251. The molecular formula is C14H14N2O4. The number of methoxy groups -OCH3 is 1. The molecule has 20 heavy (non-hydrogen) atoms. The lowest BCUT2D eigenvalue weighted by Crippen LogP contribution is -2.50. The zero-order valence-electron chi connectivity index (χ0n) is 11.0. The van der Waals surface area contributed by atoms with Crippen molar-refractivity contribution in [3.05, 3.63) is 35.9 Å². The number of amides is 3. The van der Waals surface area contributed by atoms with Gasteiger partial charge in [0.2, 0.25) is 0 Å². The lowest BCUT2D eigenvalue weighted by atomic mass is 10.1. The van der Waals surface area contributed by atoms with E-state index in [0.29, 0.717) is 18.5 Å². The Morgan fingerprint density at radius 3 is 2.55 bits per heavy atom. The van der Waals surface area contributed by atoms with Crippen molar-refractivity contribution in [3.8, 4) is 0 Å². The van der Waals surface area contributed by atoms with Crippen molar-refractivity contribution >= 4 is 17.9 Å². The van der Waals surface area contributed by atoms with Crippen LogP contribution in [0.5, 0.6) is 0 Å². The predicted molar refractivity (Wildman–Crippen MR) is 68.9 cm³/mol. The molecule has 2 bridgehead atoms. The van der Waals surface area contributed by atoms with Crippen molar-refractivity contribution in [2.75, 3.05) is 13.7 Å². The van der Waals surface area contributed by atoms with Crippen molar-refractivity contribution in [3.63, 3.8) is 0 Å². The number of hydrogen-bond acceptors (Lipinski definition) is 4. The van der Waals surface area contributed by atoms with Crippen LogP contribution in [0.25, 0.3) is 0 Å². The number of carbonyl (C=O) groups excluding carboxylic acids is 3. The Morgan fingerprint density at radius 1 is 1.25 bits per heavy atom. The van der Waals surface area contributed by atoms with Crippen LogP contribution < -0.4 is 0 Å². The molecule has 0 aromatic heterocycles. The van der Waals surface area contributed by atoms with Crippen LogP contribution in [0.3, 0.4) is 0 Å². The lowest BCUT2D eigenvalue weighted by molar-refractivity contribution is -0.145. The molecule has 0 unspecified atom stereocenters. The maximum Gasteiger partial charge on any atom is 0.328 e. The van der Waals surface area contributed by atoms with Gasteiger partial charge in [0.25, 0.3) is 5.91 Å². The molecule has 2 heterocycles. The quantitative estimate of drug-likeness (QED) is 0.751. The summed E-state index contributed by atoms with van der Waals surface area (Å²) in [5, 5.41) is 0. The number of imide groups is 1. The zero-order chi connectivity index (χ0) is 14.3. The highest BCUT2D eigenvalue weighted by Crippen LogP contribution is 2.33. The number of urea groups is 1. The highest BCUT2D eigenvalue weighted by atomic mass is 16.5. The van der Waals surface area contributed by atoms with Gasteiger partial charge in [-0.3, -0.25) is 9.69 Å². The summed E-state index contributed by atoms with van der Waals surface area (Å²) in [5.74, 6) is -0.737. The van der Waals surface area contributed by atoms with E-state index in [2.05, 4.69) is 4.74 Å². The number of ether oxygens (including phenoxy) is 1. The molecule has 1 aromatic rings. The number of benzene rings is 1. The first-order chi connectivity index (χ1) is 9.63. The fraction of sp³-hybridized carbons (Fsp3) is 0.357. The summed E-state index contributed by atoms with van der Waals surface area (Å²) in [4.78, 5) is 38.8. The predicted octanol–water partition coefficient (Wildman–Crippen LogP) is 0.878. The standard InChI is InChI=1S/C14H14N2O4/c1-20-13(18)11-7-10-8-15(11)14(19)16(10)12(17)9-5-3-2-4-6-9/h2-6,10-11H,7-8H2,1H3/t10-,11-/m1/s1. The maximum absolute atomic E-state index is 12.4. The van der Waals surface area contributed by atoms with E-state index in [1.807, 2.05) is 6.07 Å². The van der Waals surface area contributed by atoms with Crippen molar-refractivity contribution in [2.45, 2.75) is 18.5 Å². The average molecular weight is 274 g/mol. The van der Waals surface area contributed by atoms with Crippen LogP contribution in [0.15, 0.2) is 30.3 Å². The molecule has 6 nitrogen and oxygen atoms in total. The van der Waals surface area contributed by atoms with E-state index in [1.165, 1.54) is 16.9 Å². The van der Waals surface area contributed by atoms with Gasteiger partial charge in [-0.05, 0) is 12.1 Å². The normalized spacial score (nSPS) is 24.1. The number of carbonyl (C=O) groups is 3. The summed E-state index contributed by atoms with van der Waals surface area (Å²) in [6.45, 7) is 0.400. The highest BCUT2D eigenvalue weighted by molar-refractivity contribution is 6.07. The first kappa shape index (κ1) is 12.7. The molecule has 2 saturated heterocycles.